The molecule has 1 aromatic heterocycles. The lowest BCUT2D eigenvalue weighted by atomic mass is 9.39. The SMILES string of the molecule is c1ccc(-c2nc(-c3ccccc3)nc(-c3cccc([Si](c4ccccc4)(c4ccccc4)c4cccc(B5c6ccccc6-c6ccccc65)c4)c3)n2)cc1. The smallest absolute Gasteiger partial charge is 0.208 e. The largest absolute Gasteiger partial charge is 0.242 e. The lowest BCUT2D eigenvalue weighted by Gasteiger charge is -2.35. The van der Waals surface area contributed by atoms with Crippen LogP contribution < -0.4 is 37.1 Å². The first-order valence-corrected chi connectivity index (χ1v) is 21.1. The third-order valence-corrected chi connectivity index (χ3v) is 15.9. The van der Waals surface area contributed by atoms with Gasteiger partial charge in [-0.2, -0.15) is 0 Å². The number of nitrogens with zero attached hydrogens (tertiary/aromatic N) is 3. The maximum Gasteiger partial charge on any atom is 0.242 e. The molecule has 0 saturated carbocycles. The van der Waals surface area contributed by atoms with Crippen LogP contribution in [0.5, 0.6) is 0 Å². The number of fused-ring (bicyclic) bond motifs is 3. The molecule has 9 aromatic rings. The van der Waals surface area contributed by atoms with Crippen molar-refractivity contribution in [3.63, 3.8) is 0 Å². The van der Waals surface area contributed by atoms with E-state index in [1.807, 2.05) is 36.4 Å². The summed E-state index contributed by atoms with van der Waals surface area (Å²) in [5.41, 5.74) is 9.53. The summed E-state index contributed by atoms with van der Waals surface area (Å²) in [6.07, 6.45) is 0. The Morgan fingerprint density at radius 1 is 0.304 bits per heavy atom. The molecule has 0 spiro atoms. The van der Waals surface area contributed by atoms with Gasteiger partial charge in [-0.05, 0) is 31.9 Å². The van der Waals surface area contributed by atoms with E-state index in [1.165, 1.54) is 48.3 Å². The second-order valence-electron chi connectivity index (χ2n) is 14.3. The van der Waals surface area contributed by atoms with Crippen molar-refractivity contribution < 1.29 is 0 Å². The standard InChI is InChI=1S/C51H36BN3Si/c1-5-19-37(20-6-1)49-53-50(38-21-7-2-8-22-38)55-51(54-49)39-23-17-29-43(35-39)56(41-25-9-3-10-26-41,42-27-11-4-12-28-42)44-30-18-24-40(36-44)52-47-33-15-13-31-45(47)46-32-14-16-34-48(46)52/h1-36H. The van der Waals surface area contributed by atoms with Crippen LogP contribution in [-0.4, -0.2) is 29.7 Å². The van der Waals surface area contributed by atoms with Crippen molar-refractivity contribution in [2.45, 2.75) is 0 Å². The van der Waals surface area contributed by atoms with E-state index in [4.69, 9.17) is 15.0 Å². The predicted molar refractivity (Wildman–Crippen MR) is 236 cm³/mol. The zero-order valence-electron chi connectivity index (χ0n) is 30.7. The Labute approximate surface area is 329 Å². The molecule has 0 amide bonds. The summed E-state index contributed by atoms with van der Waals surface area (Å²) in [4.78, 5) is 15.3. The molecule has 10 rings (SSSR count). The van der Waals surface area contributed by atoms with Gasteiger partial charge in [0.1, 0.15) is 0 Å². The second-order valence-corrected chi connectivity index (χ2v) is 18.1. The average molecular weight is 730 g/mol. The van der Waals surface area contributed by atoms with Crippen LogP contribution in [0.3, 0.4) is 0 Å². The van der Waals surface area contributed by atoms with Crippen LogP contribution in [0.4, 0.5) is 0 Å². The minimum Gasteiger partial charge on any atom is -0.208 e. The molecule has 0 bridgehead atoms. The van der Waals surface area contributed by atoms with Crippen molar-refractivity contribution in [3.05, 3.63) is 218 Å². The molecule has 1 aliphatic heterocycles. The molecule has 0 N–H and O–H groups in total. The Bertz CT molecular complexity index is 2670. The summed E-state index contributed by atoms with van der Waals surface area (Å²) in [5.74, 6) is 1.95. The van der Waals surface area contributed by atoms with Gasteiger partial charge >= 0.3 is 0 Å². The molecular weight excluding hydrogens is 693 g/mol. The highest BCUT2D eigenvalue weighted by atomic mass is 28.3. The quantitative estimate of drug-likeness (QED) is 0.129. The van der Waals surface area contributed by atoms with Gasteiger partial charge in [-0.15, -0.1) is 0 Å². The van der Waals surface area contributed by atoms with Gasteiger partial charge in [-0.3, -0.25) is 0 Å². The fourth-order valence-corrected chi connectivity index (χ4v) is 13.5. The van der Waals surface area contributed by atoms with Crippen molar-refractivity contribution in [3.8, 4) is 45.3 Å². The van der Waals surface area contributed by atoms with E-state index in [0.717, 1.165) is 16.7 Å². The maximum atomic E-state index is 5.14. The molecule has 3 nitrogen and oxygen atoms in total. The maximum absolute atomic E-state index is 5.14. The van der Waals surface area contributed by atoms with Gasteiger partial charge in [-0.1, -0.05) is 235 Å². The molecule has 0 aliphatic carbocycles. The summed E-state index contributed by atoms with van der Waals surface area (Å²) >= 11 is 0. The van der Waals surface area contributed by atoms with Gasteiger partial charge < -0.3 is 0 Å². The highest BCUT2D eigenvalue weighted by molar-refractivity contribution is 7.20. The van der Waals surface area contributed by atoms with Crippen molar-refractivity contribution in [1.29, 1.82) is 0 Å². The third kappa shape index (κ3) is 5.81. The molecule has 0 radical (unpaired) electrons. The van der Waals surface area contributed by atoms with E-state index in [2.05, 4.69) is 182 Å². The summed E-state index contributed by atoms with van der Waals surface area (Å²) in [6.45, 7) is 0.143. The van der Waals surface area contributed by atoms with Crippen LogP contribution in [0.2, 0.25) is 0 Å². The second kappa shape index (κ2) is 14.4. The van der Waals surface area contributed by atoms with Crippen molar-refractivity contribution in [2.24, 2.45) is 0 Å². The molecule has 0 fully saturated rings. The highest BCUT2D eigenvalue weighted by Crippen LogP contribution is 2.26. The first-order chi connectivity index (χ1) is 27.8. The van der Waals surface area contributed by atoms with E-state index >= 15 is 0 Å². The van der Waals surface area contributed by atoms with Gasteiger partial charge in [0, 0.05) is 16.7 Å². The van der Waals surface area contributed by atoms with Crippen LogP contribution in [-0.2, 0) is 0 Å². The van der Waals surface area contributed by atoms with Crippen molar-refractivity contribution >= 4 is 51.9 Å². The van der Waals surface area contributed by atoms with Gasteiger partial charge in [0.2, 0.25) is 6.71 Å². The van der Waals surface area contributed by atoms with E-state index < -0.39 is 8.07 Å². The lowest BCUT2D eigenvalue weighted by molar-refractivity contribution is 1.07. The third-order valence-electron chi connectivity index (χ3n) is 11.2. The Kier molecular flexibility index (Phi) is 8.62. The molecule has 56 heavy (non-hydrogen) atoms. The average Bonchev–Trinajstić information content (AvgIpc) is 3.63. The van der Waals surface area contributed by atoms with Crippen molar-refractivity contribution in [2.75, 3.05) is 0 Å². The number of aromatic nitrogens is 3. The fourth-order valence-electron chi connectivity index (χ4n) is 8.67. The summed E-state index contributed by atoms with van der Waals surface area (Å²) in [5, 5.41) is 5.23. The van der Waals surface area contributed by atoms with Crippen LogP contribution >= 0.6 is 0 Å². The molecular formula is C51H36BN3Si. The summed E-state index contributed by atoms with van der Waals surface area (Å²) in [6, 6.07) is 78.9. The zero-order valence-corrected chi connectivity index (χ0v) is 31.7. The number of hydrogen-bond acceptors (Lipinski definition) is 3. The number of rotatable bonds is 8. The Balaban J connectivity index is 1.21. The first kappa shape index (κ1) is 33.6. The predicted octanol–water partition coefficient (Wildman–Crippen LogP) is 6.75. The van der Waals surface area contributed by atoms with E-state index in [-0.39, 0.29) is 6.71 Å². The Hall–Kier alpha value is -6.95. The number of benzene rings is 8. The van der Waals surface area contributed by atoms with Crippen molar-refractivity contribution in [1.82, 2.24) is 15.0 Å². The molecule has 0 atom stereocenters. The monoisotopic (exact) mass is 729 g/mol. The van der Waals surface area contributed by atoms with Crippen LogP contribution in [0.25, 0.3) is 45.3 Å². The fraction of sp³-hybridized carbons (Fsp3) is 0. The Morgan fingerprint density at radius 2 is 0.679 bits per heavy atom. The van der Waals surface area contributed by atoms with Gasteiger partial charge in [-0.25, -0.2) is 15.0 Å². The van der Waals surface area contributed by atoms with Crippen LogP contribution in [0.15, 0.2) is 218 Å². The number of hydrogen-bond donors (Lipinski definition) is 0. The summed E-state index contributed by atoms with van der Waals surface area (Å²) < 4.78 is 0. The van der Waals surface area contributed by atoms with Gasteiger partial charge in [0.05, 0.1) is 0 Å². The minimum absolute atomic E-state index is 0.143. The molecule has 1 aliphatic rings. The zero-order chi connectivity index (χ0) is 37.3. The highest BCUT2D eigenvalue weighted by Gasteiger charge is 2.43. The van der Waals surface area contributed by atoms with Crippen LogP contribution in [0, 0.1) is 0 Å². The normalized spacial score (nSPS) is 11.9. The van der Waals surface area contributed by atoms with E-state index in [0.29, 0.717) is 17.5 Å². The van der Waals surface area contributed by atoms with Crippen LogP contribution in [0.1, 0.15) is 0 Å². The molecule has 2 heterocycles. The topological polar surface area (TPSA) is 38.7 Å². The summed E-state index contributed by atoms with van der Waals surface area (Å²) in [7, 11) is -2.96. The molecule has 262 valence electrons. The molecule has 5 heteroatoms. The molecule has 8 aromatic carbocycles. The Morgan fingerprint density at radius 3 is 1.20 bits per heavy atom. The van der Waals surface area contributed by atoms with Gasteiger partial charge in [0.25, 0.3) is 0 Å². The van der Waals surface area contributed by atoms with Gasteiger partial charge in [0.15, 0.2) is 25.5 Å². The minimum atomic E-state index is -2.96. The molecule has 0 saturated heterocycles. The first-order valence-electron chi connectivity index (χ1n) is 19.1. The van der Waals surface area contributed by atoms with E-state index in [1.54, 1.807) is 0 Å². The van der Waals surface area contributed by atoms with E-state index in [9.17, 15) is 0 Å². The molecule has 0 unspecified atom stereocenters. The lowest BCUT2D eigenvalue weighted by Crippen LogP contribution is -2.75.